The average Bonchev–Trinajstić information content (AvgIpc) is 3.11. The van der Waals surface area contributed by atoms with Crippen molar-refractivity contribution in [1.82, 2.24) is 10.2 Å². The summed E-state index contributed by atoms with van der Waals surface area (Å²) in [4.78, 5) is 14.8. The lowest BCUT2D eigenvalue weighted by molar-refractivity contribution is -0.122. The molecule has 126 valence electrons. The molecule has 2 bridgehead atoms. The number of nitrogens with one attached hydrogen (secondary N) is 1. The highest BCUT2D eigenvalue weighted by Crippen LogP contribution is 2.49. The van der Waals surface area contributed by atoms with E-state index in [0.717, 1.165) is 51.1 Å². The number of morpholine rings is 1. The van der Waals surface area contributed by atoms with Gasteiger partial charge in [0.25, 0.3) is 0 Å². The summed E-state index contributed by atoms with van der Waals surface area (Å²) in [6.45, 7) is 8.92. The van der Waals surface area contributed by atoms with Crippen LogP contribution in [0.4, 0.5) is 0 Å². The summed E-state index contributed by atoms with van der Waals surface area (Å²) in [7, 11) is 0. The Hall–Kier alpha value is -0.610. The summed E-state index contributed by atoms with van der Waals surface area (Å²) in [5.74, 6) is 3.27. The van der Waals surface area contributed by atoms with Gasteiger partial charge in [-0.2, -0.15) is 0 Å². The molecule has 4 nitrogen and oxygen atoms in total. The van der Waals surface area contributed by atoms with E-state index in [4.69, 9.17) is 4.74 Å². The van der Waals surface area contributed by atoms with Crippen molar-refractivity contribution < 1.29 is 9.53 Å². The summed E-state index contributed by atoms with van der Waals surface area (Å²) in [6, 6.07) is 0.438. The topological polar surface area (TPSA) is 41.6 Å². The number of fused-ring (bicyclic) bond motifs is 2. The molecule has 1 heterocycles. The van der Waals surface area contributed by atoms with E-state index in [-0.39, 0.29) is 5.91 Å². The second-order valence-electron chi connectivity index (χ2n) is 7.90. The second-order valence-corrected chi connectivity index (χ2v) is 7.90. The summed E-state index contributed by atoms with van der Waals surface area (Å²) in [6.07, 6.45) is 6.23. The van der Waals surface area contributed by atoms with Crippen LogP contribution in [0.25, 0.3) is 0 Å². The molecule has 1 saturated heterocycles. The predicted molar refractivity (Wildman–Crippen MR) is 87.6 cm³/mol. The van der Waals surface area contributed by atoms with Gasteiger partial charge in [-0.3, -0.25) is 9.69 Å². The lowest BCUT2D eigenvalue weighted by Gasteiger charge is -2.37. The Morgan fingerprint density at radius 1 is 1.23 bits per heavy atom. The van der Waals surface area contributed by atoms with E-state index >= 15 is 0 Å². The zero-order valence-electron chi connectivity index (χ0n) is 14.2. The quantitative estimate of drug-likeness (QED) is 0.818. The summed E-state index contributed by atoms with van der Waals surface area (Å²) in [5.41, 5.74) is 0. The van der Waals surface area contributed by atoms with Gasteiger partial charge in [0.1, 0.15) is 0 Å². The average molecular weight is 308 g/mol. The molecule has 0 radical (unpaired) electrons. The highest BCUT2D eigenvalue weighted by molar-refractivity contribution is 5.76. The lowest BCUT2D eigenvalue weighted by atomic mass is 9.86. The van der Waals surface area contributed by atoms with E-state index in [1.165, 1.54) is 25.7 Å². The molecule has 0 aromatic heterocycles. The van der Waals surface area contributed by atoms with E-state index in [9.17, 15) is 4.79 Å². The molecule has 0 aromatic rings. The van der Waals surface area contributed by atoms with Crippen LogP contribution in [-0.4, -0.2) is 49.7 Å². The number of hydrogen-bond donors (Lipinski definition) is 1. The molecule has 1 N–H and O–H groups in total. The monoisotopic (exact) mass is 308 g/mol. The number of ether oxygens (including phenoxy) is 1. The van der Waals surface area contributed by atoms with Crippen LogP contribution in [0.2, 0.25) is 0 Å². The summed E-state index contributed by atoms with van der Waals surface area (Å²) in [5, 5.41) is 3.23. The van der Waals surface area contributed by atoms with Gasteiger partial charge in [-0.25, -0.2) is 0 Å². The fourth-order valence-electron chi connectivity index (χ4n) is 4.85. The van der Waals surface area contributed by atoms with E-state index < -0.39 is 0 Å². The molecule has 3 rings (SSSR count). The smallest absolute Gasteiger partial charge is 0.220 e. The fraction of sp³-hybridized carbons (Fsp3) is 0.944. The maximum atomic E-state index is 12.3. The first-order valence-electron chi connectivity index (χ1n) is 9.22. The molecule has 4 heteroatoms. The predicted octanol–water partition coefficient (Wildman–Crippen LogP) is 2.29. The Morgan fingerprint density at radius 3 is 2.59 bits per heavy atom. The third kappa shape index (κ3) is 3.83. The largest absolute Gasteiger partial charge is 0.379 e. The van der Waals surface area contributed by atoms with Crippen molar-refractivity contribution in [3.8, 4) is 0 Å². The van der Waals surface area contributed by atoms with Crippen LogP contribution >= 0.6 is 0 Å². The van der Waals surface area contributed by atoms with E-state index in [0.29, 0.717) is 17.9 Å². The van der Waals surface area contributed by atoms with Crippen LogP contribution in [0.5, 0.6) is 0 Å². The third-order valence-corrected chi connectivity index (χ3v) is 6.12. The van der Waals surface area contributed by atoms with Crippen molar-refractivity contribution in [2.24, 2.45) is 23.7 Å². The maximum absolute atomic E-state index is 12.3. The van der Waals surface area contributed by atoms with E-state index in [2.05, 4.69) is 24.1 Å². The molecule has 1 aliphatic heterocycles. The first kappa shape index (κ1) is 16.3. The number of carbonyl (C=O) groups is 1. The number of nitrogens with zero attached hydrogens (tertiary/aromatic N) is 1. The molecule has 1 amide bonds. The molecule has 0 aromatic carbocycles. The first-order chi connectivity index (χ1) is 10.6. The van der Waals surface area contributed by atoms with Crippen molar-refractivity contribution in [2.75, 3.05) is 32.8 Å². The van der Waals surface area contributed by atoms with Crippen LogP contribution in [-0.2, 0) is 9.53 Å². The Bertz CT molecular complexity index is 379. The van der Waals surface area contributed by atoms with Gasteiger partial charge in [-0.05, 0) is 42.9 Å². The van der Waals surface area contributed by atoms with Crippen LogP contribution in [0.1, 0.15) is 46.0 Å². The van der Waals surface area contributed by atoms with Gasteiger partial charge < -0.3 is 10.1 Å². The standard InChI is InChI=1S/C18H32N2O2/c1-13(2)17(20-5-7-22-8-6-20)12-19-18(21)11-16-10-14-3-4-15(16)9-14/h13-17H,3-12H2,1-2H3,(H,19,21). The normalized spacial score (nSPS) is 33.3. The zero-order chi connectivity index (χ0) is 15.5. The minimum atomic E-state index is 0.274. The van der Waals surface area contributed by atoms with Gasteiger partial charge in [0, 0.05) is 32.1 Å². The number of hydrogen-bond acceptors (Lipinski definition) is 3. The molecule has 3 aliphatic rings. The van der Waals surface area contributed by atoms with Crippen molar-refractivity contribution in [3.05, 3.63) is 0 Å². The van der Waals surface area contributed by atoms with Crippen molar-refractivity contribution in [3.63, 3.8) is 0 Å². The molecular weight excluding hydrogens is 276 g/mol. The third-order valence-electron chi connectivity index (χ3n) is 6.12. The zero-order valence-corrected chi connectivity index (χ0v) is 14.2. The first-order valence-corrected chi connectivity index (χ1v) is 9.22. The van der Waals surface area contributed by atoms with Gasteiger partial charge in [0.05, 0.1) is 13.2 Å². The number of amides is 1. The van der Waals surface area contributed by atoms with Crippen molar-refractivity contribution in [1.29, 1.82) is 0 Å². The molecule has 2 aliphatic carbocycles. The Labute approximate surface area is 135 Å². The molecule has 0 spiro atoms. The van der Waals surface area contributed by atoms with Crippen molar-refractivity contribution >= 4 is 5.91 Å². The minimum Gasteiger partial charge on any atom is -0.379 e. The van der Waals surface area contributed by atoms with Crippen LogP contribution < -0.4 is 5.32 Å². The number of rotatable bonds is 6. The van der Waals surface area contributed by atoms with Gasteiger partial charge in [-0.15, -0.1) is 0 Å². The Balaban J connectivity index is 1.44. The van der Waals surface area contributed by atoms with Crippen LogP contribution in [0.15, 0.2) is 0 Å². The molecular formula is C18H32N2O2. The van der Waals surface area contributed by atoms with E-state index in [1.54, 1.807) is 0 Å². The van der Waals surface area contributed by atoms with Crippen molar-refractivity contribution in [2.45, 2.75) is 52.0 Å². The molecule has 2 saturated carbocycles. The molecule has 4 unspecified atom stereocenters. The molecule has 22 heavy (non-hydrogen) atoms. The molecule has 4 atom stereocenters. The van der Waals surface area contributed by atoms with E-state index in [1.807, 2.05) is 0 Å². The highest BCUT2D eigenvalue weighted by atomic mass is 16.5. The summed E-state index contributed by atoms with van der Waals surface area (Å²) >= 11 is 0. The SMILES string of the molecule is CC(C)C(CNC(=O)CC1CC2CCC1C2)N1CCOCC1. The van der Waals surface area contributed by atoms with Gasteiger partial charge in [0.15, 0.2) is 0 Å². The maximum Gasteiger partial charge on any atom is 0.220 e. The lowest BCUT2D eigenvalue weighted by Crippen LogP contribution is -2.51. The van der Waals surface area contributed by atoms with Gasteiger partial charge in [0.2, 0.25) is 5.91 Å². The minimum absolute atomic E-state index is 0.274. The van der Waals surface area contributed by atoms with Gasteiger partial charge in [-0.1, -0.05) is 20.3 Å². The summed E-state index contributed by atoms with van der Waals surface area (Å²) < 4.78 is 5.44. The molecule has 3 fully saturated rings. The fourth-order valence-corrected chi connectivity index (χ4v) is 4.85. The number of carbonyl (C=O) groups excluding carboxylic acids is 1. The van der Waals surface area contributed by atoms with Crippen LogP contribution in [0, 0.1) is 23.7 Å². The Kier molecular flexibility index (Phi) is 5.40. The second kappa shape index (κ2) is 7.31. The van der Waals surface area contributed by atoms with Crippen LogP contribution in [0.3, 0.4) is 0 Å². The highest BCUT2D eigenvalue weighted by Gasteiger charge is 2.40. The van der Waals surface area contributed by atoms with Gasteiger partial charge >= 0.3 is 0 Å². The Morgan fingerprint density at radius 2 is 2.00 bits per heavy atom.